The maximum Gasteiger partial charge on any atom is 0.0575 e. The van der Waals surface area contributed by atoms with Gasteiger partial charge in [-0.25, -0.2) is 0 Å². The van der Waals surface area contributed by atoms with Crippen molar-refractivity contribution in [2.24, 2.45) is 5.92 Å². The van der Waals surface area contributed by atoms with E-state index in [-0.39, 0.29) is 6.10 Å². The fraction of sp³-hybridized carbons (Fsp3) is 1.00. The molecular formula is C8H19NO. The summed E-state index contributed by atoms with van der Waals surface area (Å²) in [5.74, 6) is 0.389. The van der Waals surface area contributed by atoms with Crippen LogP contribution < -0.4 is 0 Å². The monoisotopic (exact) mass is 145 g/mol. The van der Waals surface area contributed by atoms with E-state index in [2.05, 4.69) is 11.8 Å². The van der Waals surface area contributed by atoms with Crippen LogP contribution >= 0.6 is 0 Å². The van der Waals surface area contributed by atoms with Gasteiger partial charge < -0.3 is 10.0 Å². The van der Waals surface area contributed by atoms with Gasteiger partial charge in [0.05, 0.1) is 6.10 Å². The summed E-state index contributed by atoms with van der Waals surface area (Å²) in [6.07, 6.45) is 0.719. The molecule has 2 nitrogen and oxygen atoms in total. The van der Waals surface area contributed by atoms with Gasteiger partial charge in [-0.05, 0) is 26.4 Å². The number of aliphatic hydroxyl groups is 1. The summed E-state index contributed by atoms with van der Waals surface area (Å²) in [5, 5.41) is 9.35. The molecule has 0 aliphatic rings. The highest BCUT2D eigenvalue weighted by atomic mass is 16.3. The normalized spacial score (nSPS) is 17.4. The van der Waals surface area contributed by atoms with Crippen molar-refractivity contribution < 1.29 is 5.11 Å². The van der Waals surface area contributed by atoms with Crippen LogP contribution in [0, 0.1) is 5.92 Å². The third-order valence-electron chi connectivity index (χ3n) is 1.73. The van der Waals surface area contributed by atoms with Gasteiger partial charge in [0.1, 0.15) is 0 Å². The van der Waals surface area contributed by atoms with Crippen molar-refractivity contribution in [2.75, 3.05) is 20.6 Å². The molecule has 0 rings (SSSR count). The Balaban J connectivity index is 3.50. The molecule has 0 saturated heterocycles. The molecule has 0 amide bonds. The fourth-order valence-corrected chi connectivity index (χ4v) is 1.10. The summed E-state index contributed by atoms with van der Waals surface area (Å²) < 4.78 is 0. The number of hydrogen-bond acceptors (Lipinski definition) is 2. The van der Waals surface area contributed by atoms with Crippen molar-refractivity contribution in [3.05, 3.63) is 0 Å². The van der Waals surface area contributed by atoms with Crippen molar-refractivity contribution in [1.82, 2.24) is 4.90 Å². The topological polar surface area (TPSA) is 23.5 Å². The van der Waals surface area contributed by atoms with Gasteiger partial charge in [-0.1, -0.05) is 13.8 Å². The zero-order valence-electron chi connectivity index (χ0n) is 7.46. The van der Waals surface area contributed by atoms with Crippen molar-refractivity contribution in [2.45, 2.75) is 26.4 Å². The van der Waals surface area contributed by atoms with Gasteiger partial charge in [-0.3, -0.25) is 0 Å². The van der Waals surface area contributed by atoms with Crippen LogP contribution in [0.15, 0.2) is 0 Å². The number of aliphatic hydroxyl groups excluding tert-OH is 1. The molecule has 0 unspecified atom stereocenters. The minimum absolute atomic E-state index is 0.137. The molecule has 0 aliphatic heterocycles. The lowest BCUT2D eigenvalue weighted by Crippen LogP contribution is -2.28. The third kappa shape index (κ3) is 3.85. The molecular weight excluding hydrogens is 126 g/mol. The summed E-state index contributed by atoms with van der Waals surface area (Å²) in [6.45, 7) is 5.06. The van der Waals surface area contributed by atoms with Crippen LogP contribution in [0.1, 0.15) is 20.3 Å². The maximum atomic E-state index is 9.35. The van der Waals surface area contributed by atoms with Crippen molar-refractivity contribution in [3.8, 4) is 0 Å². The average Bonchev–Trinajstić information content (AvgIpc) is 1.85. The van der Waals surface area contributed by atoms with E-state index in [1.165, 1.54) is 0 Å². The van der Waals surface area contributed by atoms with Crippen LogP contribution in [-0.2, 0) is 0 Å². The summed E-state index contributed by atoms with van der Waals surface area (Å²) >= 11 is 0. The molecule has 2 heteroatoms. The SMILES string of the molecule is CC[C@@H](O)[C@H](C)CN(C)C. The van der Waals surface area contributed by atoms with E-state index in [0.717, 1.165) is 13.0 Å². The maximum absolute atomic E-state index is 9.35. The zero-order chi connectivity index (χ0) is 8.15. The molecule has 0 bridgehead atoms. The van der Waals surface area contributed by atoms with E-state index in [4.69, 9.17) is 0 Å². The molecule has 0 saturated carbocycles. The molecule has 0 aromatic carbocycles. The first-order chi connectivity index (χ1) is 4.57. The number of hydrogen-bond donors (Lipinski definition) is 1. The van der Waals surface area contributed by atoms with E-state index in [1.54, 1.807) is 0 Å². The Morgan fingerprint density at radius 2 is 1.90 bits per heavy atom. The van der Waals surface area contributed by atoms with Crippen molar-refractivity contribution in [3.63, 3.8) is 0 Å². The average molecular weight is 145 g/mol. The molecule has 1 N–H and O–H groups in total. The Hall–Kier alpha value is -0.0800. The lowest BCUT2D eigenvalue weighted by molar-refractivity contribution is 0.0964. The largest absolute Gasteiger partial charge is 0.393 e. The summed E-state index contributed by atoms with van der Waals surface area (Å²) in [5.41, 5.74) is 0. The van der Waals surface area contributed by atoms with Crippen LogP contribution in [0.4, 0.5) is 0 Å². The van der Waals surface area contributed by atoms with Crippen LogP contribution in [0.25, 0.3) is 0 Å². The Morgan fingerprint density at radius 3 is 2.20 bits per heavy atom. The predicted octanol–water partition coefficient (Wildman–Crippen LogP) is 0.955. The second kappa shape index (κ2) is 4.69. The minimum atomic E-state index is -0.137. The predicted molar refractivity (Wildman–Crippen MR) is 44.0 cm³/mol. The third-order valence-corrected chi connectivity index (χ3v) is 1.73. The quantitative estimate of drug-likeness (QED) is 0.637. The summed E-state index contributed by atoms with van der Waals surface area (Å²) in [4.78, 5) is 2.10. The van der Waals surface area contributed by atoms with Gasteiger partial charge in [-0.2, -0.15) is 0 Å². The molecule has 0 aliphatic carbocycles. The first kappa shape index (κ1) is 9.92. The van der Waals surface area contributed by atoms with Gasteiger partial charge in [0, 0.05) is 6.54 Å². The minimum Gasteiger partial charge on any atom is -0.393 e. The highest BCUT2D eigenvalue weighted by Gasteiger charge is 2.11. The van der Waals surface area contributed by atoms with Gasteiger partial charge in [-0.15, -0.1) is 0 Å². The summed E-state index contributed by atoms with van der Waals surface area (Å²) in [6, 6.07) is 0. The first-order valence-corrected chi connectivity index (χ1v) is 3.90. The fourth-order valence-electron chi connectivity index (χ4n) is 1.10. The molecule has 0 aromatic heterocycles. The Kier molecular flexibility index (Phi) is 4.65. The highest BCUT2D eigenvalue weighted by Crippen LogP contribution is 2.06. The van der Waals surface area contributed by atoms with E-state index >= 15 is 0 Å². The molecule has 10 heavy (non-hydrogen) atoms. The lowest BCUT2D eigenvalue weighted by atomic mass is 10.0. The molecule has 0 fully saturated rings. The molecule has 0 aromatic rings. The lowest BCUT2D eigenvalue weighted by Gasteiger charge is -2.20. The first-order valence-electron chi connectivity index (χ1n) is 3.90. The van der Waals surface area contributed by atoms with Gasteiger partial charge in [0.2, 0.25) is 0 Å². The molecule has 62 valence electrons. The van der Waals surface area contributed by atoms with Crippen molar-refractivity contribution >= 4 is 0 Å². The smallest absolute Gasteiger partial charge is 0.0575 e. The molecule has 0 radical (unpaired) electrons. The molecule has 0 heterocycles. The van der Waals surface area contributed by atoms with E-state index in [0.29, 0.717) is 5.92 Å². The van der Waals surface area contributed by atoms with Crippen LogP contribution in [-0.4, -0.2) is 36.8 Å². The van der Waals surface area contributed by atoms with Gasteiger partial charge >= 0.3 is 0 Å². The van der Waals surface area contributed by atoms with Crippen LogP contribution in [0.3, 0.4) is 0 Å². The summed E-state index contributed by atoms with van der Waals surface area (Å²) in [7, 11) is 4.05. The van der Waals surface area contributed by atoms with Gasteiger partial charge in [0.25, 0.3) is 0 Å². The van der Waals surface area contributed by atoms with Crippen molar-refractivity contribution in [1.29, 1.82) is 0 Å². The Labute approximate surface area is 63.8 Å². The number of nitrogens with zero attached hydrogens (tertiary/aromatic N) is 1. The van der Waals surface area contributed by atoms with E-state index in [1.807, 2.05) is 21.0 Å². The Morgan fingerprint density at radius 1 is 1.40 bits per heavy atom. The highest BCUT2D eigenvalue weighted by molar-refractivity contribution is 4.64. The van der Waals surface area contributed by atoms with Gasteiger partial charge in [0.15, 0.2) is 0 Å². The second-order valence-corrected chi connectivity index (χ2v) is 3.22. The van der Waals surface area contributed by atoms with E-state index < -0.39 is 0 Å². The van der Waals surface area contributed by atoms with Crippen LogP contribution in [0.5, 0.6) is 0 Å². The zero-order valence-corrected chi connectivity index (χ0v) is 7.46. The standard InChI is InChI=1S/C8H19NO/c1-5-8(10)7(2)6-9(3)4/h7-8,10H,5-6H2,1-4H3/t7-,8-/m1/s1. The second-order valence-electron chi connectivity index (χ2n) is 3.22. The number of rotatable bonds is 4. The van der Waals surface area contributed by atoms with E-state index in [9.17, 15) is 5.11 Å². The Bertz CT molecular complexity index is 83.3. The molecule has 2 atom stereocenters. The molecule has 0 spiro atoms. The van der Waals surface area contributed by atoms with Crippen LogP contribution in [0.2, 0.25) is 0 Å².